The molecule has 0 fully saturated rings. The Hall–Kier alpha value is -3.28. The molecule has 150 valence electrons. The third kappa shape index (κ3) is 2.87. The first kappa shape index (κ1) is 19.1. The van der Waals surface area contributed by atoms with Crippen molar-refractivity contribution in [3.05, 3.63) is 62.5 Å². The highest BCUT2D eigenvalue weighted by Crippen LogP contribution is 2.45. The number of methoxy groups -OCH3 is 2. The maximum Gasteiger partial charge on any atom is 0.339 e. The lowest BCUT2D eigenvalue weighted by Crippen LogP contribution is -2.23. The van der Waals surface area contributed by atoms with Crippen LogP contribution in [0.1, 0.15) is 45.1 Å². The average molecular weight is 394 g/mol. The molecule has 1 atom stereocenters. The molecule has 0 radical (unpaired) electrons. The number of ketones is 1. The Morgan fingerprint density at radius 3 is 2.48 bits per heavy atom. The van der Waals surface area contributed by atoms with Gasteiger partial charge in [0.1, 0.15) is 17.4 Å². The average Bonchev–Trinajstić information content (AvgIpc) is 2.70. The second kappa shape index (κ2) is 6.95. The molecule has 29 heavy (non-hydrogen) atoms. The highest BCUT2D eigenvalue weighted by Gasteiger charge is 2.34. The zero-order valence-corrected chi connectivity index (χ0v) is 17.0. The van der Waals surface area contributed by atoms with Crippen molar-refractivity contribution < 1.29 is 23.4 Å². The van der Waals surface area contributed by atoms with E-state index in [1.807, 2.05) is 26.0 Å². The van der Waals surface area contributed by atoms with Crippen molar-refractivity contribution in [1.29, 1.82) is 0 Å². The molecule has 0 spiro atoms. The summed E-state index contributed by atoms with van der Waals surface area (Å²) in [6.07, 6.45) is -0.366. The van der Waals surface area contributed by atoms with E-state index in [1.54, 1.807) is 33.3 Å². The lowest BCUT2D eigenvalue weighted by molar-refractivity contribution is 0.0848. The molecule has 0 N–H and O–H groups in total. The summed E-state index contributed by atoms with van der Waals surface area (Å²) in [5.41, 5.74) is 3.27. The Bertz CT molecular complexity index is 1200. The number of rotatable bonds is 3. The van der Waals surface area contributed by atoms with Crippen molar-refractivity contribution in [2.45, 2.75) is 33.3 Å². The maximum absolute atomic E-state index is 13.1. The van der Waals surface area contributed by atoms with Crippen LogP contribution < -0.4 is 19.8 Å². The molecule has 1 aliphatic rings. The minimum absolute atomic E-state index is 0.0243. The number of hydrogen-bond donors (Lipinski definition) is 0. The monoisotopic (exact) mass is 394 g/mol. The minimum Gasteiger partial charge on any atom is -0.493 e. The zero-order chi connectivity index (χ0) is 20.9. The number of para-hydroxylation sites is 1. The first-order valence-electron chi connectivity index (χ1n) is 9.35. The summed E-state index contributed by atoms with van der Waals surface area (Å²) in [4.78, 5) is 25.2. The molecule has 1 aliphatic heterocycles. The van der Waals surface area contributed by atoms with Gasteiger partial charge in [-0.15, -0.1) is 0 Å². The topological polar surface area (TPSA) is 75.0 Å². The fourth-order valence-corrected chi connectivity index (χ4v) is 3.97. The van der Waals surface area contributed by atoms with Gasteiger partial charge in [0.15, 0.2) is 17.3 Å². The lowest BCUT2D eigenvalue weighted by Gasteiger charge is -2.29. The number of aryl methyl sites for hydroxylation is 2. The number of carbonyl (C=O) groups excluding carboxylic acids is 1. The normalized spacial score (nSPS) is 15.8. The van der Waals surface area contributed by atoms with Crippen molar-refractivity contribution in [3.63, 3.8) is 0 Å². The van der Waals surface area contributed by atoms with Gasteiger partial charge in [0.05, 0.1) is 31.6 Å². The molecule has 3 aromatic rings. The molecular weight excluding hydrogens is 372 g/mol. The summed E-state index contributed by atoms with van der Waals surface area (Å²) in [5, 5.41) is 0.655. The Morgan fingerprint density at radius 1 is 1.03 bits per heavy atom. The SMILES string of the molecule is COc1cccc([C@H]2CC(=O)c3c(C)cc4oc(=O)c(C)c(C)c4c3O2)c1OC. The van der Waals surface area contributed by atoms with Crippen molar-refractivity contribution in [2.75, 3.05) is 14.2 Å². The molecule has 0 aliphatic carbocycles. The van der Waals surface area contributed by atoms with E-state index in [9.17, 15) is 9.59 Å². The summed E-state index contributed by atoms with van der Waals surface area (Å²) >= 11 is 0. The van der Waals surface area contributed by atoms with Crippen molar-refractivity contribution >= 4 is 16.8 Å². The molecule has 0 saturated heterocycles. The van der Waals surface area contributed by atoms with E-state index in [2.05, 4.69) is 0 Å². The van der Waals surface area contributed by atoms with Crippen LogP contribution in [0.4, 0.5) is 0 Å². The fourth-order valence-electron chi connectivity index (χ4n) is 3.97. The second-order valence-electron chi connectivity index (χ2n) is 7.23. The molecule has 6 nitrogen and oxygen atoms in total. The Labute approximate surface area is 168 Å². The number of fused-ring (bicyclic) bond motifs is 3. The number of benzene rings is 2. The van der Waals surface area contributed by atoms with Gasteiger partial charge in [0, 0.05) is 11.1 Å². The van der Waals surface area contributed by atoms with Crippen LogP contribution in [0.3, 0.4) is 0 Å². The third-order valence-corrected chi connectivity index (χ3v) is 5.58. The highest BCUT2D eigenvalue weighted by molar-refractivity contribution is 6.07. The minimum atomic E-state index is -0.545. The van der Waals surface area contributed by atoms with E-state index in [0.29, 0.717) is 39.3 Å². The Balaban J connectivity index is 1.96. The first-order valence-corrected chi connectivity index (χ1v) is 9.35. The van der Waals surface area contributed by atoms with E-state index in [4.69, 9.17) is 18.6 Å². The van der Waals surface area contributed by atoms with E-state index >= 15 is 0 Å². The molecule has 0 bridgehead atoms. The van der Waals surface area contributed by atoms with Gasteiger partial charge in [0.2, 0.25) is 0 Å². The smallest absolute Gasteiger partial charge is 0.339 e. The highest BCUT2D eigenvalue weighted by atomic mass is 16.5. The standard InChI is InChI=1S/C23H22O6/c1-11-9-18-20(12(2)13(3)23(25)29-18)22-19(11)15(24)10-17(28-22)14-7-6-8-16(26-4)21(14)27-5/h6-9,17H,10H2,1-5H3/t17-/m1/s1. The number of carbonyl (C=O) groups is 1. The fraction of sp³-hybridized carbons (Fsp3) is 0.304. The van der Waals surface area contributed by atoms with Crippen LogP contribution in [-0.4, -0.2) is 20.0 Å². The summed E-state index contributed by atoms with van der Waals surface area (Å²) in [7, 11) is 3.12. The Kier molecular flexibility index (Phi) is 4.57. The lowest BCUT2D eigenvalue weighted by atomic mass is 9.90. The van der Waals surface area contributed by atoms with E-state index < -0.39 is 6.10 Å². The van der Waals surface area contributed by atoms with Gasteiger partial charge in [-0.1, -0.05) is 12.1 Å². The quantitative estimate of drug-likeness (QED) is 0.611. The van der Waals surface area contributed by atoms with Gasteiger partial charge < -0.3 is 18.6 Å². The van der Waals surface area contributed by atoms with Crippen LogP contribution >= 0.6 is 0 Å². The predicted molar refractivity (Wildman–Crippen MR) is 109 cm³/mol. The van der Waals surface area contributed by atoms with Crippen molar-refractivity contribution in [2.24, 2.45) is 0 Å². The summed E-state index contributed by atoms with van der Waals surface area (Å²) in [6, 6.07) is 7.22. The molecule has 4 rings (SSSR count). The van der Waals surface area contributed by atoms with Gasteiger partial charge in [-0.3, -0.25) is 4.79 Å². The van der Waals surface area contributed by atoms with E-state index in [1.165, 1.54) is 0 Å². The van der Waals surface area contributed by atoms with Gasteiger partial charge in [-0.05, 0) is 44.0 Å². The van der Waals surface area contributed by atoms with E-state index in [-0.39, 0.29) is 17.8 Å². The largest absolute Gasteiger partial charge is 0.493 e. The van der Waals surface area contributed by atoms with Crippen LogP contribution in [0.25, 0.3) is 11.0 Å². The van der Waals surface area contributed by atoms with Crippen LogP contribution in [0.15, 0.2) is 33.5 Å². The van der Waals surface area contributed by atoms with Gasteiger partial charge in [-0.2, -0.15) is 0 Å². The molecule has 0 saturated carbocycles. The van der Waals surface area contributed by atoms with Crippen LogP contribution in [-0.2, 0) is 0 Å². The van der Waals surface area contributed by atoms with Gasteiger partial charge in [-0.25, -0.2) is 4.79 Å². The summed E-state index contributed by atoms with van der Waals surface area (Å²) in [6.45, 7) is 5.37. The maximum atomic E-state index is 13.1. The molecule has 0 unspecified atom stereocenters. The molecule has 0 amide bonds. The van der Waals surface area contributed by atoms with Gasteiger partial charge in [0.25, 0.3) is 0 Å². The molecular formula is C23H22O6. The van der Waals surface area contributed by atoms with Crippen LogP contribution in [0.5, 0.6) is 17.2 Å². The number of ether oxygens (including phenoxy) is 3. The third-order valence-electron chi connectivity index (χ3n) is 5.58. The van der Waals surface area contributed by atoms with Crippen molar-refractivity contribution in [3.8, 4) is 17.2 Å². The van der Waals surface area contributed by atoms with Crippen LogP contribution in [0.2, 0.25) is 0 Å². The van der Waals surface area contributed by atoms with Crippen LogP contribution in [0, 0.1) is 20.8 Å². The molecule has 1 aromatic heterocycles. The second-order valence-corrected chi connectivity index (χ2v) is 7.23. The summed E-state index contributed by atoms with van der Waals surface area (Å²) < 4.78 is 22.8. The summed E-state index contributed by atoms with van der Waals surface area (Å²) in [5.74, 6) is 1.53. The molecule has 6 heteroatoms. The first-order chi connectivity index (χ1) is 13.9. The van der Waals surface area contributed by atoms with E-state index in [0.717, 1.165) is 16.7 Å². The number of hydrogen-bond acceptors (Lipinski definition) is 6. The molecule has 2 heterocycles. The Morgan fingerprint density at radius 2 is 1.79 bits per heavy atom. The predicted octanol–water partition coefficient (Wildman–Crippen LogP) is 4.44. The number of Topliss-reactive ketones (excluding diaryl/α,β-unsaturated/α-hetero) is 1. The zero-order valence-electron chi connectivity index (χ0n) is 17.0. The molecule has 2 aromatic carbocycles. The van der Waals surface area contributed by atoms with Gasteiger partial charge >= 0.3 is 5.63 Å². The van der Waals surface area contributed by atoms with Crippen molar-refractivity contribution in [1.82, 2.24) is 0 Å².